The Morgan fingerprint density at radius 1 is 0.583 bits per heavy atom. The smallest absolute Gasteiger partial charge is 0.0356 e. The van der Waals surface area contributed by atoms with E-state index in [1.807, 2.05) is 0 Å². The average Bonchev–Trinajstić information content (AvgIpc) is 2.60. The van der Waals surface area contributed by atoms with Crippen molar-refractivity contribution < 1.29 is 0 Å². The summed E-state index contributed by atoms with van der Waals surface area (Å²) in [7, 11) is 0. The zero-order chi connectivity index (χ0) is 16.6. The van der Waals surface area contributed by atoms with Gasteiger partial charge >= 0.3 is 0 Å². The lowest BCUT2D eigenvalue weighted by Crippen LogP contribution is -1.95. The summed E-state index contributed by atoms with van der Waals surface area (Å²) in [4.78, 5) is 0. The van der Waals surface area contributed by atoms with Gasteiger partial charge in [-0.3, -0.25) is 0 Å². The fourth-order valence-corrected chi connectivity index (χ4v) is 4.28. The maximum absolute atomic E-state index is 6.34. The van der Waals surface area contributed by atoms with Crippen LogP contribution in [0.15, 0.2) is 48.5 Å². The number of hydrogen-bond acceptors (Lipinski definition) is 1. The summed E-state index contributed by atoms with van der Waals surface area (Å²) in [6.07, 6.45) is 0. The lowest BCUT2D eigenvalue weighted by atomic mass is 9.86. The molecule has 2 N–H and O–H groups in total. The molecule has 0 amide bonds. The molecule has 5 rings (SSSR count). The molecule has 0 aromatic heterocycles. The molecule has 0 aliphatic carbocycles. The SMILES string of the molecule is Cc1cc2c3cccc4c(C)c(N)cc(c5cccc(c1C)c25)c43. The summed E-state index contributed by atoms with van der Waals surface area (Å²) < 4.78 is 0. The highest BCUT2D eigenvalue weighted by Gasteiger charge is 2.16. The summed E-state index contributed by atoms with van der Waals surface area (Å²) in [5.41, 5.74) is 11.1. The number of nitrogens with two attached hydrogens (primary N) is 1. The van der Waals surface area contributed by atoms with Gasteiger partial charge in [-0.25, -0.2) is 0 Å². The quantitative estimate of drug-likeness (QED) is 0.204. The fourth-order valence-electron chi connectivity index (χ4n) is 4.28. The van der Waals surface area contributed by atoms with Crippen LogP contribution in [-0.2, 0) is 0 Å². The fraction of sp³-hybridized carbons (Fsp3) is 0.130. The minimum Gasteiger partial charge on any atom is -0.398 e. The van der Waals surface area contributed by atoms with Crippen molar-refractivity contribution in [3.05, 3.63) is 65.2 Å². The normalized spacial score (nSPS) is 12.1. The van der Waals surface area contributed by atoms with Crippen LogP contribution in [0.4, 0.5) is 5.69 Å². The van der Waals surface area contributed by atoms with E-state index in [9.17, 15) is 0 Å². The van der Waals surface area contributed by atoms with Crippen molar-refractivity contribution in [2.75, 3.05) is 5.73 Å². The van der Waals surface area contributed by atoms with E-state index in [2.05, 4.69) is 69.3 Å². The van der Waals surface area contributed by atoms with Crippen LogP contribution in [0.25, 0.3) is 43.1 Å². The molecule has 0 saturated carbocycles. The predicted octanol–water partition coefficient (Wildman–Crippen LogP) is 6.24. The second-order valence-electron chi connectivity index (χ2n) is 6.96. The largest absolute Gasteiger partial charge is 0.398 e. The van der Waals surface area contributed by atoms with Crippen molar-refractivity contribution in [2.24, 2.45) is 0 Å². The summed E-state index contributed by atoms with van der Waals surface area (Å²) in [5.74, 6) is 0. The molecule has 0 atom stereocenters. The Hall–Kier alpha value is -2.80. The summed E-state index contributed by atoms with van der Waals surface area (Å²) in [6, 6.07) is 17.8. The van der Waals surface area contributed by atoms with Crippen LogP contribution in [0.3, 0.4) is 0 Å². The van der Waals surface area contributed by atoms with Gasteiger partial charge in [-0.1, -0.05) is 42.5 Å². The number of rotatable bonds is 0. The molecule has 0 unspecified atom stereocenters. The Balaban J connectivity index is 2.27. The Bertz CT molecular complexity index is 1180. The van der Waals surface area contributed by atoms with Crippen LogP contribution in [-0.4, -0.2) is 0 Å². The van der Waals surface area contributed by atoms with Gasteiger partial charge in [0.25, 0.3) is 0 Å². The predicted molar refractivity (Wildman–Crippen MR) is 106 cm³/mol. The second-order valence-corrected chi connectivity index (χ2v) is 6.96. The van der Waals surface area contributed by atoms with Crippen molar-refractivity contribution in [3.8, 4) is 0 Å². The van der Waals surface area contributed by atoms with Gasteiger partial charge in [-0.05, 0) is 86.6 Å². The first-order chi connectivity index (χ1) is 11.6. The van der Waals surface area contributed by atoms with E-state index in [1.165, 1.54) is 59.8 Å². The van der Waals surface area contributed by atoms with Crippen LogP contribution in [0.1, 0.15) is 16.7 Å². The Labute approximate surface area is 141 Å². The number of benzene rings is 5. The molecule has 5 aromatic rings. The highest BCUT2D eigenvalue weighted by molar-refractivity contribution is 6.34. The van der Waals surface area contributed by atoms with Crippen LogP contribution in [0.5, 0.6) is 0 Å². The number of anilines is 1. The van der Waals surface area contributed by atoms with E-state index in [0.717, 1.165) is 5.69 Å². The van der Waals surface area contributed by atoms with Gasteiger partial charge in [0.2, 0.25) is 0 Å². The highest BCUT2D eigenvalue weighted by atomic mass is 14.6. The zero-order valence-corrected chi connectivity index (χ0v) is 14.2. The molecule has 0 aliphatic rings. The molecule has 1 nitrogen and oxygen atoms in total. The molecular formula is C23H19N. The number of fused-ring (bicyclic) bond motifs is 2. The third-order valence-electron chi connectivity index (χ3n) is 5.74. The summed E-state index contributed by atoms with van der Waals surface area (Å²) in [6.45, 7) is 6.55. The molecule has 0 aliphatic heterocycles. The minimum absolute atomic E-state index is 0.874. The van der Waals surface area contributed by atoms with E-state index in [4.69, 9.17) is 5.73 Å². The zero-order valence-electron chi connectivity index (χ0n) is 14.2. The van der Waals surface area contributed by atoms with E-state index < -0.39 is 0 Å². The van der Waals surface area contributed by atoms with Gasteiger partial charge < -0.3 is 5.73 Å². The van der Waals surface area contributed by atoms with Gasteiger partial charge in [-0.15, -0.1) is 0 Å². The molecule has 0 radical (unpaired) electrons. The van der Waals surface area contributed by atoms with Crippen molar-refractivity contribution in [3.63, 3.8) is 0 Å². The van der Waals surface area contributed by atoms with Crippen LogP contribution >= 0.6 is 0 Å². The van der Waals surface area contributed by atoms with E-state index in [-0.39, 0.29) is 0 Å². The summed E-state index contributed by atoms with van der Waals surface area (Å²) >= 11 is 0. The van der Waals surface area contributed by atoms with Crippen LogP contribution in [0, 0.1) is 20.8 Å². The topological polar surface area (TPSA) is 26.0 Å². The molecule has 0 bridgehead atoms. The molecule has 116 valence electrons. The number of aryl methyl sites for hydroxylation is 3. The van der Waals surface area contributed by atoms with Crippen molar-refractivity contribution in [2.45, 2.75) is 20.8 Å². The van der Waals surface area contributed by atoms with Crippen LogP contribution < -0.4 is 5.73 Å². The van der Waals surface area contributed by atoms with E-state index in [1.54, 1.807) is 0 Å². The lowest BCUT2D eigenvalue weighted by molar-refractivity contribution is 1.39. The van der Waals surface area contributed by atoms with E-state index in [0.29, 0.717) is 0 Å². The molecule has 5 aromatic carbocycles. The minimum atomic E-state index is 0.874. The maximum atomic E-state index is 6.34. The molecule has 0 fully saturated rings. The third-order valence-corrected chi connectivity index (χ3v) is 5.74. The number of nitrogen functional groups attached to an aromatic ring is 1. The van der Waals surface area contributed by atoms with Crippen molar-refractivity contribution >= 4 is 48.8 Å². The van der Waals surface area contributed by atoms with Crippen molar-refractivity contribution in [1.82, 2.24) is 0 Å². The van der Waals surface area contributed by atoms with E-state index >= 15 is 0 Å². The average molecular weight is 309 g/mol. The van der Waals surface area contributed by atoms with Gasteiger partial charge in [0.05, 0.1) is 0 Å². The van der Waals surface area contributed by atoms with Gasteiger partial charge in [0.15, 0.2) is 0 Å². The monoisotopic (exact) mass is 309 g/mol. The Morgan fingerprint density at radius 3 is 1.71 bits per heavy atom. The Kier molecular flexibility index (Phi) is 2.49. The molecular weight excluding hydrogens is 290 g/mol. The molecule has 0 heterocycles. The first-order valence-electron chi connectivity index (χ1n) is 8.43. The Morgan fingerprint density at radius 2 is 1.08 bits per heavy atom. The van der Waals surface area contributed by atoms with Gasteiger partial charge in [-0.2, -0.15) is 0 Å². The summed E-state index contributed by atoms with van der Waals surface area (Å²) in [5, 5.41) is 10.6. The molecule has 0 saturated heterocycles. The molecule has 1 heteroatoms. The standard InChI is InChI=1S/C23H19N/c1-12-10-19-17-8-5-7-16-14(3)21(24)11-20(23(16)17)18-9-4-6-15(13(12)2)22(18)19/h4-11H,24H2,1-3H3. The third kappa shape index (κ3) is 1.50. The lowest BCUT2D eigenvalue weighted by Gasteiger charge is -2.18. The van der Waals surface area contributed by atoms with Crippen LogP contribution in [0.2, 0.25) is 0 Å². The second kappa shape index (κ2) is 4.39. The maximum Gasteiger partial charge on any atom is 0.0356 e. The highest BCUT2D eigenvalue weighted by Crippen LogP contribution is 2.43. The van der Waals surface area contributed by atoms with Gasteiger partial charge in [0, 0.05) is 5.69 Å². The van der Waals surface area contributed by atoms with Crippen molar-refractivity contribution in [1.29, 1.82) is 0 Å². The first kappa shape index (κ1) is 13.6. The molecule has 24 heavy (non-hydrogen) atoms. The van der Waals surface area contributed by atoms with Gasteiger partial charge in [0.1, 0.15) is 0 Å². The first-order valence-corrected chi connectivity index (χ1v) is 8.43. The number of hydrogen-bond donors (Lipinski definition) is 1. The molecule has 0 spiro atoms.